The summed E-state index contributed by atoms with van der Waals surface area (Å²) in [6.45, 7) is 7.48. The third-order valence-electron chi connectivity index (χ3n) is 2.65. The summed E-state index contributed by atoms with van der Waals surface area (Å²) < 4.78 is 5.28. The predicted molar refractivity (Wildman–Crippen MR) is 74.9 cm³/mol. The van der Waals surface area contributed by atoms with E-state index < -0.39 is 0 Å². The standard InChI is InChI=1S/C11H21N5OS/c1-4-16(5-2)6-7-18-11-9(17-3)10(15-12)13-8-14-11/h8H,4-7,12H2,1-3H3,(H,13,14,15). The molecule has 1 rings (SSSR count). The molecule has 1 aromatic rings. The van der Waals surface area contributed by atoms with E-state index in [1.807, 2.05) is 0 Å². The van der Waals surface area contributed by atoms with Gasteiger partial charge in [-0.3, -0.25) is 0 Å². The number of thioether (sulfide) groups is 1. The number of nitrogens with zero attached hydrogens (tertiary/aromatic N) is 3. The molecule has 0 saturated carbocycles. The van der Waals surface area contributed by atoms with Gasteiger partial charge in [0.15, 0.2) is 11.6 Å². The Bertz CT molecular complexity index is 359. The van der Waals surface area contributed by atoms with Gasteiger partial charge in [0.1, 0.15) is 11.4 Å². The molecule has 0 saturated heterocycles. The van der Waals surface area contributed by atoms with Gasteiger partial charge < -0.3 is 15.1 Å². The number of nitrogens with two attached hydrogens (primary N) is 1. The van der Waals surface area contributed by atoms with E-state index in [1.165, 1.54) is 6.33 Å². The quantitative estimate of drug-likeness (QED) is 0.318. The van der Waals surface area contributed by atoms with E-state index in [0.717, 1.165) is 30.4 Å². The molecular formula is C11H21N5OS. The van der Waals surface area contributed by atoms with Gasteiger partial charge >= 0.3 is 0 Å². The molecule has 102 valence electrons. The van der Waals surface area contributed by atoms with Gasteiger partial charge in [0.05, 0.1) is 7.11 Å². The lowest BCUT2D eigenvalue weighted by molar-refractivity contribution is 0.323. The van der Waals surface area contributed by atoms with Crippen molar-refractivity contribution >= 4 is 17.6 Å². The molecule has 3 N–H and O–H groups in total. The highest BCUT2D eigenvalue weighted by molar-refractivity contribution is 7.99. The molecule has 0 atom stereocenters. The van der Waals surface area contributed by atoms with E-state index in [1.54, 1.807) is 18.9 Å². The van der Waals surface area contributed by atoms with Gasteiger partial charge in [-0.15, -0.1) is 11.8 Å². The molecule has 0 fully saturated rings. The Morgan fingerprint density at radius 3 is 2.67 bits per heavy atom. The Balaban J connectivity index is 2.61. The Kier molecular flexibility index (Phi) is 6.77. The molecule has 0 bridgehead atoms. The first-order valence-corrected chi connectivity index (χ1v) is 6.96. The molecule has 1 heterocycles. The number of nitrogen functional groups attached to an aromatic ring is 1. The van der Waals surface area contributed by atoms with Crippen molar-refractivity contribution in [1.82, 2.24) is 14.9 Å². The molecule has 0 aliphatic rings. The molecular weight excluding hydrogens is 250 g/mol. The van der Waals surface area contributed by atoms with E-state index in [2.05, 4.69) is 34.1 Å². The minimum atomic E-state index is 0.512. The first kappa shape index (κ1) is 15.0. The second kappa shape index (κ2) is 8.12. The number of methoxy groups -OCH3 is 1. The maximum absolute atomic E-state index is 5.38. The first-order valence-electron chi connectivity index (χ1n) is 5.97. The molecule has 18 heavy (non-hydrogen) atoms. The summed E-state index contributed by atoms with van der Waals surface area (Å²) in [5.74, 6) is 7.45. The normalized spacial score (nSPS) is 10.7. The van der Waals surface area contributed by atoms with Crippen molar-refractivity contribution in [3.8, 4) is 5.75 Å². The van der Waals surface area contributed by atoms with Crippen LogP contribution in [0.1, 0.15) is 13.8 Å². The van der Waals surface area contributed by atoms with Gasteiger partial charge in [-0.25, -0.2) is 15.8 Å². The number of hydrogen-bond acceptors (Lipinski definition) is 7. The van der Waals surface area contributed by atoms with Crippen LogP contribution in [0, 0.1) is 0 Å². The average molecular weight is 271 g/mol. The maximum Gasteiger partial charge on any atom is 0.195 e. The van der Waals surface area contributed by atoms with Crippen LogP contribution >= 0.6 is 11.8 Å². The fourth-order valence-corrected chi connectivity index (χ4v) is 2.53. The number of hydrazine groups is 1. The van der Waals surface area contributed by atoms with Crippen LogP contribution < -0.4 is 16.0 Å². The SMILES string of the molecule is CCN(CC)CCSc1ncnc(NN)c1OC. The van der Waals surface area contributed by atoms with E-state index in [0.29, 0.717) is 11.6 Å². The van der Waals surface area contributed by atoms with Gasteiger partial charge in [-0.2, -0.15) is 0 Å². The van der Waals surface area contributed by atoms with Crippen LogP contribution in [0.3, 0.4) is 0 Å². The third kappa shape index (κ3) is 4.01. The fourth-order valence-electron chi connectivity index (χ4n) is 1.56. The van der Waals surface area contributed by atoms with Gasteiger partial charge in [-0.05, 0) is 13.1 Å². The minimum Gasteiger partial charge on any atom is -0.490 e. The van der Waals surface area contributed by atoms with Gasteiger partial charge in [-0.1, -0.05) is 13.8 Å². The highest BCUT2D eigenvalue weighted by Gasteiger charge is 2.11. The minimum absolute atomic E-state index is 0.512. The molecule has 0 aliphatic carbocycles. The van der Waals surface area contributed by atoms with Gasteiger partial charge in [0, 0.05) is 12.3 Å². The number of hydrogen-bond donors (Lipinski definition) is 2. The number of aromatic nitrogens is 2. The lowest BCUT2D eigenvalue weighted by Crippen LogP contribution is -2.25. The summed E-state index contributed by atoms with van der Waals surface area (Å²) in [5.41, 5.74) is 2.51. The number of nitrogens with one attached hydrogen (secondary N) is 1. The van der Waals surface area contributed by atoms with Crippen molar-refractivity contribution < 1.29 is 4.74 Å². The molecule has 0 radical (unpaired) electrons. The van der Waals surface area contributed by atoms with Crippen LogP contribution in [-0.2, 0) is 0 Å². The van der Waals surface area contributed by atoms with Crippen LogP contribution in [0.25, 0.3) is 0 Å². The molecule has 1 aromatic heterocycles. The zero-order valence-corrected chi connectivity index (χ0v) is 12.0. The summed E-state index contributed by atoms with van der Waals surface area (Å²) >= 11 is 1.65. The largest absolute Gasteiger partial charge is 0.490 e. The van der Waals surface area contributed by atoms with E-state index >= 15 is 0 Å². The summed E-state index contributed by atoms with van der Waals surface area (Å²) in [7, 11) is 1.59. The Morgan fingerprint density at radius 2 is 2.11 bits per heavy atom. The number of rotatable bonds is 8. The van der Waals surface area contributed by atoms with Crippen LogP contribution in [0.2, 0.25) is 0 Å². The monoisotopic (exact) mass is 271 g/mol. The number of anilines is 1. The van der Waals surface area contributed by atoms with Crippen molar-refractivity contribution in [2.24, 2.45) is 5.84 Å². The highest BCUT2D eigenvalue weighted by Crippen LogP contribution is 2.31. The lowest BCUT2D eigenvalue weighted by Gasteiger charge is -2.17. The molecule has 0 spiro atoms. The van der Waals surface area contributed by atoms with Crippen LogP contribution in [0.15, 0.2) is 11.4 Å². The van der Waals surface area contributed by atoms with E-state index in [4.69, 9.17) is 10.6 Å². The van der Waals surface area contributed by atoms with Crippen LogP contribution in [-0.4, -0.2) is 47.4 Å². The van der Waals surface area contributed by atoms with Crippen LogP contribution in [0.4, 0.5) is 5.82 Å². The number of ether oxygens (including phenoxy) is 1. The Labute approximate surface area is 112 Å². The Morgan fingerprint density at radius 1 is 1.39 bits per heavy atom. The molecule has 6 nitrogen and oxygen atoms in total. The average Bonchev–Trinajstić information content (AvgIpc) is 2.43. The zero-order valence-electron chi connectivity index (χ0n) is 11.1. The predicted octanol–water partition coefficient (Wildman–Crippen LogP) is 1.20. The zero-order chi connectivity index (χ0) is 13.4. The summed E-state index contributed by atoms with van der Waals surface area (Å²) in [6.07, 6.45) is 1.48. The van der Waals surface area contributed by atoms with Crippen molar-refractivity contribution in [1.29, 1.82) is 0 Å². The van der Waals surface area contributed by atoms with Crippen LogP contribution in [0.5, 0.6) is 5.75 Å². The second-order valence-electron chi connectivity index (χ2n) is 3.58. The van der Waals surface area contributed by atoms with Crippen molar-refractivity contribution in [2.75, 3.05) is 37.9 Å². The van der Waals surface area contributed by atoms with Gasteiger partial charge in [0.25, 0.3) is 0 Å². The fraction of sp³-hybridized carbons (Fsp3) is 0.636. The van der Waals surface area contributed by atoms with Crippen molar-refractivity contribution in [2.45, 2.75) is 18.9 Å². The molecule has 0 unspecified atom stereocenters. The molecule has 7 heteroatoms. The van der Waals surface area contributed by atoms with Gasteiger partial charge in [0.2, 0.25) is 0 Å². The van der Waals surface area contributed by atoms with Crippen molar-refractivity contribution in [3.63, 3.8) is 0 Å². The maximum atomic E-state index is 5.38. The summed E-state index contributed by atoms with van der Waals surface area (Å²) in [5, 5.41) is 0.813. The van der Waals surface area contributed by atoms with Crippen molar-refractivity contribution in [3.05, 3.63) is 6.33 Å². The lowest BCUT2D eigenvalue weighted by atomic mass is 10.5. The Hall–Kier alpha value is -1.05. The topological polar surface area (TPSA) is 76.3 Å². The highest BCUT2D eigenvalue weighted by atomic mass is 32.2. The van der Waals surface area contributed by atoms with E-state index in [-0.39, 0.29) is 0 Å². The molecule has 0 aromatic carbocycles. The first-order chi connectivity index (χ1) is 8.76. The second-order valence-corrected chi connectivity index (χ2v) is 4.66. The third-order valence-corrected chi connectivity index (χ3v) is 3.60. The smallest absolute Gasteiger partial charge is 0.195 e. The summed E-state index contributed by atoms with van der Waals surface area (Å²) in [4.78, 5) is 10.6. The molecule has 0 aliphatic heterocycles. The molecule has 0 amide bonds. The van der Waals surface area contributed by atoms with E-state index in [9.17, 15) is 0 Å². The summed E-state index contributed by atoms with van der Waals surface area (Å²) in [6, 6.07) is 0.